The van der Waals surface area contributed by atoms with Gasteiger partial charge in [0, 0.05) is 28.8 Å². The zero-order chi connectivity index (χ0) is 20.9. The number of amides is 2. The summed E-state index contributed by atoms with van der Waals surface area (Å²) in [6.07, 6.45) is 0. The summed E-state index contributed by atoms with van der Waals surface area (Å²) >= 11 is 0. The maximum Gasteiger partial charge on any atom is 0.255 e. The predicted octanol–water partition coefficient (Wildman–Crippen LogP) is 4.79. The fourth-order valence-electron chi connectivity index (χ4n) is 2.94. The summed E-state index contributed by atoms with van der Waals surface area (Å²) in [7, 11) is 0. The molecule has 0 saturated heterocycles. The lowest BCUT2D eigenvalue weighted by molar-refractivity contribution is 0.0944. The van der Waals surface area contributed by atoms with Crippen molar-refractivity contribution in [2.24, 2.45) is 0 Å². The van der Waals surface area contributed by atoms with Crippen molar-refractivity contribution in [1.82, 2.24) is 5.32 Å². The van der Waals surface area contributed by atoms with Gasteiger partial charge < -0.3 is 10.6 Å². The van der Waals surface area contributed by atoms with Crippen LogP contribution in [0.25, 0.3) is 0 Å². The quantitative estimate of drug-likeness (QED) is 0.636. The first kappa shape index (κ1) is 20.3. The fraction of sp³-hybridized carbons (Fsp3) is 0.167. The molecule has 5 heteroatoms. The van der Waals surface area contributed by atoms with Crippen molar-refractivity contribution in [3.8, 4) is 0 Å². The Balaban J connectivity index is 1.65. The highest BCUT2D eigenvalue weighted by atomic mass is 19.1. The lowest BCUT2D eigenvalue weighted by atomic mass is 9.84. The third-order valence-corrected chi connectivity index (χ3v) is 4.74. The molecule has 0 aliphatic carbocycles. The van der Waals surface area contributed by atoms with Crippen LogP contribution in [0.4, 0.5) is 10.1 Å². The Kier molecular flexibility index (Phi) is 6.07. The highest BCUT2D eigenvalue weighted by Gasteiger charge is 2.21. The average molecular weight is 390 g/mol. The van der Waals surface area contributed by atoms with E-state index in [2.05, 4.69) is 24.5 Å². The van der Waals surface area contributed by atoms with Crippen LogP contribution in [0.15, 0.2) is 78.9 Å². The molecule has 0 radical (unpaired) electrons. The molecule has 0 saturated carbocycles. The number of rotatable bonds is 6. The summed E-state index contributed by atoms with van der Waals surface area (Å²) in [5.41, 5.74) is 2.21. The second-order valence-corrected chi connectivity index (χ2v) is 7.47. The number of hydrogen-bond donors (Lipinski definition) is 2. The van der Waals surface area contributed by atoms with Crippen LogP contribution in [0.1, 0.15) is 40.1 Å². The molecule has 2 amide bonds. The fourth-order valence-corrected chi connectivity index (χ4v) is 2.94. The van der Waals surface area contributed by atoms with Crippen LogP contribution < -0.4 is 10.6 Å². The van der Waals surface area contributed by atoms with E-state index in [1.165, 1.54) is 24.3 Å². The molecule has 4 nitrogen and oxygen atoms in total. The Bertz CT molecular complexity index is 999. The SMILES string of the molecule is CC(C)(CNC(=O)c1cccc(NC(=O)c2ccc(F)cc2)c1)c1ccccc1. The smallest absolute Gasteiger partial charge is 0.255 e. The van der Waals surface area contributed by atoms with Crippen LogP contribution in [0.5, 0.6) is 0 Å². The van der Waals surface area contributed by atoms with Crippen LogP contribution in [0.3, 0.4) is 0 Å². The van der Waals surface area contributed by atoms with Gasteiger partial charge >= 0.3 is 0 Å². The number of carbonyl (C=O) groups excluding carboxylic acids is 2. The second-order valence-electron chi connectivity index (χ2n) is 7.47. The van der Waals surface area contributed by atoms with Crippen molar-refractivity contribution >= 4 is 17.5 Å². The standard InChI is InChI=1S/C24H23FN2O2/c1-24(2,19-8-4-3-5-9-19)16-26-22(28)18-7-6-10-21(15-18)27-23(29)17-11-13-20(25)14-12-17/h3-15H,16H2,1-2H3,(H,26,28)(H,27,29). The molecular formula is C24H23FN2O2. The Morgan fingerprint density at radius 1 is 0.828 bits per heavy atom. The van der Waals surface area contributed by atoms with Gasteiger partial charge in [-0.1, -0.05) is 50.2 Å². The molecular weight excluding hydrogens is 367 g/mol. The van der Waals surface area contributed by atoms with E-state index in [1.54, 1.807) is 24.3 Å². The summed E-state index contributed by atoms with van der Waals surface area (Å²) in [6.45, 7) is 4.62. The van der Waals surface area contributed by atoms with Crippen molar-refractivity contribution in [2.75, 3.05) is 11.9 Å². The molecule has 0 aliphatic heterocycles. The summed E-state index contributed by atoms with van der Waals surface area (Å²) in [4.78, 5) is 24.9. The third-order valence-electron chi connectivity index (χ3n) is 4.74. The molecule has 0 bridgehead atoms. The van der Waals surface area contributed by atoms with Crippen LogP contribution in [0.2, 0.25) is 0 Å². The molecule has 0 atom stereocenters. The topological polar surface area (TPSA) is 58.2 Å². The number of anilines is 1. The molecule has 0 unspecified atom stereocenters. The van der Waals surface area contributed by atoms with Gasteiger partial charge in [-0.3, -0.25) is 9.59 Å². The van der Waals surface area contributed by atoms with Gasteiger partial charge in [0.1, 0.15) is 5.82 Å². The molecule has 2 N–H and O–H groups in total. The Morgan fingerprint density at radius 2 is 1.52 bits per heavy atom. The first-order valence-electron chi connectivity index (χ1n) is 9.36. The molecule has 3 aromatic rings. The number of benzene rings is 3. The molecule has 0 spiro atoms. The van der Waals surface area contributed by atoms with E-state index in [0.717, 1.165) is 5.56 Å². The van der Waals surface area contributed by atoms with E-state index in [0.29, 0.717) is 23.4 Å². The van der Waals surface area contributed by atoms with Crippen LogP contribution in [0, 0.1) is 5.82 Å². The molecule has 0 fully saturated rings. The van der Waals surface area contributed by atoms with Gasteiger partial charge in [-0.2, -0.15) is 0 Å². The number of carbonyl (C=O) groups is 2. The number of halogens is 1. The van der Waals surface area contributed by atoms with E-state index in [1.807, 2.05) is 30.3 Å². The van der Waals surface area contributed by atoms with E-state index in [4.69, 9.17) is 0 Å². The highest BCUT2D eigenvalue weighted by Crippen LogP contribution is 2.22. The van der Waals surface area contributed by atoms with E-state index >= 15 is 0 Å². The third kappa shape index (κ3) is 5.29. The van der Waals surface area contributed by atoms with Crippen molar-refractivity contribution in [2.45, 2.75) is 19.3 Å². The second kappa shape index (κ2) is 8.69. The van der Waals surface area contributed by atoms with E-state index in [9.17, 15) is 14.0 Å². The van der Waals surface area contributed by atoms with Crippen molar-refractivity contribution in [3.63, 3.8) is 0 Å². The molecule has 29 heavy (non-hydrogen) atoms. The molecule has 3 rings (SSSR count). The predicted molar refractivity (Wildman–Crippen MR) is 113 cm³/mol. The van der Waals surface area contributed by atoms with E-state index in [-0.39, 0.29) is 17.2 Å². The average Bonchev–Trinajstić information content (AvgIpc) is 2.73. The van der Waals surface area contributed by atoms with Gasteiger partial charge in [-0.05, 0) is 48.0 Å². The normalized spacial score (nSPS) is 11.0. The molecule has 0 heterocycles. The lowest BCUT2D eigenvalue weighted by Crippen LogP contribution is -2.36. The summed E-state index contributed by atoms with van der Waals surface area (Å²) in [5, 5.41) is 5.69. The van der Waals surface area contributed by atoms with Gasteiger partial charge in [0.2, 0.25) is 0 Å². The maximum absolute atomic E-state index is 13.0. The summed E-state index contributed by atoms with van der Waals surface area (Å²) in [6, 6.07) is 22.0. The first-order valence-corrected chi connectivity index (χ1v) is 9.36. The maximum atomic E-state index is 13.0. The zero-order valence-corrected chi connectivity index (χ0v) is 16.4. The summed E-state index contributed by atoms with van der Waals surface area (Å²) < 4.78 is 13.0. The Morgan fingerprint density at radius 3 is 2.21 bits per heavy atom. The molecule has 3 aromatic carbocycles. The van der Waals surface area contributed by atoms with Gasteiger partial charge in [-0.15, -0.1) is 0 Å². The van der Waals surface area contributed by atoms with Crippen molar-refractivity contribution in [3.05, 3.63) is 101 Å². The van der Waals surface area contributed by atoms with Crippen LogP contribution >= 0.6 is 0 Å². The van der Waals surface area contributed by atoms with Crippen LogP contribution in [-0.2, 0) is 5.41 Å². The Hall–Kier alpha value is -3.47. The molecule has 148 valence electrons. The number of hydrogen-bond acceptors (Lipinski definition) is 2. The van der Waals surface area contributed by atoms with Crippen molar-refractivity contribution < 1.29 is 14.0 Å². The van der Waals surface area contributed by atoms with Crippen molar-refractivity contribution in [1.29, 1.82) is 0 Å². The minimum Gasteiger partial charge on any atom is -0.351 e. The minimum absolute atomic E-state index is 0.216. The lowest BCUT2D eigenvalue weighted by Gasteiger charge is -2.25. The van der Waals surface area contributed by atoms with Crippen LogP contribution in [-0.4, -0.2) is 18.4 Å². The van der Waals surface area contributed by atoms with Gasteiger partial charge in [-0.25, -0.2) is 4.39 Å². The highest BCUT2D eigenvalue weighted by molar-refractivity contribution is 6.05. The van der Waals surface area contributed by atoms with E-state index < -0.39 is 5.82 Å². The van der Waals surface area contributed by atoms with Gasteiger partial charge in [0.15, 0.2) is 0 Å². The summed E-state index contributed by atoms with van der Waals surface area (Å²) in [5.74, 6) is -0.988. The molecule has 0 aromatic heterocycles. The largest absolute Gasteiger partial charge is 0.351 e. The van der Waals surface area contributed by atoms with Gasteiger partial charge in [0.25, 0.3) is 11.8 Å². The number of nitrogens with one attached hydrogen (secondary N) is 2. The first-order chi connectivity index (χ1) is 13.8. The molecule has 0 aliphatic rings. The van der Waals surface area contributed by atoms with Gasteiger partial charge in [0.05, 0.1) is 0 Å². The zero-order valence-electron chi connectivity index (χ0n) is 16.4. The monoisotopic (exact) mass is 390 g/mol. The minimum atomic E-state index is -0.404. The Labute approximate surface area is 169 Å².